The van der Waals surface area contributed by atoms with Crippen LogP contribution in [-0.2, 0) is 9.59 Å². The number of para-hydroxylation sites is 1. The Bertz CT molecular complexity index is 778. The Morgan fingerprint density at radius 3 is 2.43 bits per heavy atom. The maximum atomic E-state index is 12.7. The van der Waals surface area contributed by atoms with E-state index in [1.165, 1.54) is 0 Å². The average molecular weight is 383 g/mol. The fourth-order valence-corrected chi connectivity index (χ4v) is 2.64. The first-order valence-corrected chi connectivity index (χ1v) is 9.50. The predicted molar refractivity (Wildman–Crippen MR) is 113 cm³/mol. The van der Waals surface area contributed by atoms with Crippen molar-refractivity contribution in [1.29, 1.82) is 0 Å². The molecule has 2 N–H and O–H groups in total. The second kappa shape index (κ2) is 10.3. The van der Waals surface area contributed by atoms with Crippen molar-refractivity contribution in [3.05, 3.63) is 54.6 Å². The van der Waals surface area contributed by atoms with Gasteiger partial charge in [0.1, 0.15) is 11.8 Å². The molecule has 0 aromatic heterocycles. The van der Waals surface area contributed by atoms with Gasteiger partial charge in [0.2, 0.25) is 5.91 Å². The van der Waals surface area contributed by atoms with E-state index in [4.69, 9.17) is 4.74 Å². The van der Waals surface area contributed by atoms with E-state index >= 15 is 0 Å². The molecular formula is C22H29N3O3. The van der Waals surface area contributed by atoms with Crippen LogP contribution in [-0.4, -0.2) is 38.1 Å². The molecule has 28 heavy (non-hydrogen) atoms. The van der Waals surface area contributed by atoms with Crippen molar-refractivity contribution in [1.82, 2.24) is 5.32 Å². The average Bonchev–Trinajstić information content (AvgIpc) is 2.70. The number of rotatable bonds is 9. The number of amides is 2. The smallest absolute Gasteiger partial charge is 0.258 e. The molecule has 6 heteroatoms. The summed E-state index contributed by atoms with van der Waals surface area (Å²) in [6.45, 7) is 6.57. The Labute approximate surface area is 166 Å². The maximum absolute atomic E-state index is 12.7. The van der Waals surface area contributed by atoms with Gasteiger partial charge in [-0.2, -0.15) is 0 Å². The minimum atomic E-state index is -0.653. The lowest BCUT2D eigenvalue weighted by atomic mass is 10.0. The summed E-state index contributed by atoms with van der Waals surface area (Å²) in [5.74, 6) is -0.0428. The molecule has 0 radical (unpaired) electrons. The van der Waals surface area contributed by atoms with Crippen LogP contribution < -0.4 is 20.3 Å². The number of carbonyl (C=O) groups excluding carboxylic acids is 2. The molecule has 0 aliphatic carbocycles. The summed E-state index contributed by atoms with van der Waals surface area (Å²) in [5, 5.41) is 5.67. The zero-order chi connectivity index (χ0) is 20.5. The number of ether oxygens (including phenoxy) is 1. The van der Waals surface area contributed by atoms with Gasteiger partial charge < -0.3 is 20.3 Å². The zero-order valence-electron chi connectivity index (χ0n) is 16.9. The molecule has 2 amide bonds. The largest absolute Gasteiger partial charge is 0.484 e. The highest BCUT2D eigenvalue weighted by molar-refractivity contribution is 5.97. The van der Waals surface area contributed by atoms with E-state index < -0.39 is 6.04 Å². The molecule has 0 heterocycles. The lowest BCUT2D eigenvalue weighted by molar-refractivity contribution is -0.128. The lowest BCUT2D eigenvalue weighted by Gasteiger charge is -2.22. The molecule has 2 aromatic rings. The van der Waals surface area contributed by atoms with Crippen molar-refractivity contribution in [3.8, 4) is 5.75 Å². The van der Waals surface area contributed by atoms with Gasteiger partial charge >= 0.3 is 0 Å². The number of benzene rings is 2. The van der Waals surface area contributed by atoms with Crippen molar-refractivity contribution in [3.63, 3.8) is 0 Å². The van der Waals surface area contributed by atoms with Crippen molar-refractivity contribution in [2.24, 2.45) is 5.92 Å². The highest BCUT2D eigenvalue weighted by atomic mass is 16.5. The molecule has 6 nitrogen and oxygen atoms in total. The minimum absolute atomic E-state index is 0.0674. The molecule has 0 spiro atoms. The lowest BCUT2D eigenvalue weighted by Crippen LogP contribution is -2.48. The summed E-state index contributed by atoms with van der Waals surface area (Å²) in [6, 6.07) is 16.1. The molecule has 0 aliphatic heterocycles. The fourth-order valence-electron chi connectivity index (χ4n) is 2.64. The van der Waals surface area contributed by atoms with Gasteiger partial charge in [0.15, 0.2) is 6.61 Å². The molecule has 150 valence electrons. The van der Waals surface area contributed by atoms with Crippen LogP contribution in [0.4, 0.5) is 11.4 Å². The Balaban J connectivity index is 1.97. The number of hydrogen-bond donors (Lipinski definition) is 2. The van der Waals surface area contributed by atoms with Crippen molar-refractivity contribution in [2.75, 3.05) is 30.4 Å². The van der Waals surface area contributed by atoms with Gasteiger partial charge in [0.05, 0.1) is 0 Å². The molecule has 1 atom stereocenters. The number of nitrogens with one attached hydrogen (secondary N) is 2. The Kier molecular flexibility index (Phi) is 7.87. The quantitative estimate of drug-likeness (QED) is 0.697. The molecule has 2 rings (SSSR count). The van der Waals surface area contributed by atoms with E-state index in [-0.39, 0.29) is 24.3 Å². The number of carbonyl (C=O) groups is 2. The van der Waals surface area contributed by atoms with Crippen LogP contribution in [0.2, 0.25) is 0 Å². The van der Waals surface area contributed by atoms with E-state index in [0.29, 0.717) is 11.4 Å². The van der Waals surface area contributed by atoms with E-state index in [2.05, 4.69) is 22.5 Å². The van der Waals surface area contributed by atoms with Crippen molar-refractivity contribution in [2.45, 2.75) is 26.8 Å². The maximum Gasteiger partial charge on any atom is 0.258 e. The molecule has 0 bridgehead atoms. The van der Waals surface area contributed by atoms with Crippen molar-refractivity contribution < 1.29 is 14.3 Å². The monoisotopic (exact) mass is 383 g/mol. The first-order valence-electron chi connectivity index (χ1n) is 9.50. The summed E-state index contributed by atoms with van der Waals surface area (Å²) in [7, 11) is 1.99. The van der Waals surface area contributed by atoms with Gasteiger partial charge in [-0.15, -0.1) is 0 Å². The van der Waals surface area contributed by atoms with Crippen LogP contribution in [0.5, 0.6) is 5.75 Å². The third-order valence-electron chi connectivity index (χ3n) is 4.41. The van der Waals surface area contributed by atoms with Crippen LogP contribution in [0, 0.1) is 5.92 Å². The van der Waals surface area contributed by atoms with E-state index in [1.807, 2.05) is 63.4 Å². The van der Waals surface area contributed by atoms with Crippen LogP contribution in [0.1, 0.15) is 20.8 Å². The standard InChI is InChI=1S/C22H29N3O3/c1-5-25(4)18-11-9-10-17(14-18)23-22(27)21(16(2)3)24-20(26)15-28-19-12-7-6-8-13-19/h6-14,16,21H,5,15H2,1-4H3,(H,23,27)(H,24,26). The number of nitrogens with zero attached hydrogens (tertiary/aromatic N) is 1. The van der Waals surface area contributed by atoms with Gasteiger partial charge in [-0.1, -0.05) is 38.1 Å². The second-order valence-electron chi connectivity index (χ2n) is 6.94. The summed E-state index contributed by atoms with van der Waals surface area (Å²) in [6.07, 6.45) is 0. The summed E-state index contributed by atoms with van der Waals surface area (Å²) in [4.78, 5) is 27.1. The third kappa shape index (κ3) is 6.30. The summed E-state index contributed by atoms with van der Waals surface area (Å²) >= 11 is 0. The minimum Gasteiger partial charge on any atom is -0.484 e. The first-order chi connectivity index (χ1) is 13.4. The summed E-state index contributed by atoms with van der Waals surface area (Å²) in [5.41, 5.74) is 1.71. The Hall–Kier alpha value is -3.02. The van der Waals surface area contributed by atoms with Crippen LogP contribution in [0.3, 0.4) is 0 Å². The SMILES string of the molecule is CCN(C)c1cccc(NC(=O)C(NC(=O)COc2ccccc2)C(C)C)c1. The summed E-state index contributed by atoms with van der Waals surface area (Å²) < 4.78 is 5.45. The van der Waals surface area contributed by atoms with E-state index in [0.717, 1.165) is 12.2 Å². The Morgan fingerprint density at radius 2 is 1.79 bits per heavy atom. The molecule has 0 aliphatic rings. The van der Waals surface area contributed by atoms with Crippen LogP contribution >= 0.6 is 0 Å². The highest BCUT2D eigenvalue weighted by Crippen LogP contribution is 2.19. The molecule has 2 aromatic carbocycles. The second-order valence-corrected chi connectivity index (χ2v) is 6.94. The van der Waals surface area contributed by atoms with Crippen LogP contribution in [0.15, 0.2) is 54.6 Å². The topological polar surface area (TPSA) is 70.7 Å². The van der Waals surface area contributed by atoms with Gasteiger partial charge in [-0.05, 0) is 43.2 Å². The molecule has 1 unspecified atom stereocenters. The van der Waals surface area contributed by atoms with E-state index in [9.17, 15) is 9.59 Å². The van der Waals surface area contributed by atoms with E-state index in [1.54, 1.807) is 12.1 Å². The van der Waals surface area contributed by atoms with Crippen molar-refractivity contribution >= 4 is 23.2 Å². The van der Waals surface area contributed by atoms with Gasteiger partial charge in [-0.3, -0.25) is 9.59 Å². The molecule has 0 saturated heterocycles. The first kappa shape index (κ1) is 21.3. The van der Waals surface area contributed by atoms with Crippen LogP contribution in [0.25, 0.3) is 0 Å². The fraction of sp³-hybridized carbons (Fsp3) is 0.364. The highest BCUT2D eigenvalue weighted by Gasteiger charge is 2.24. The zero-order valence-corrected chi connectivity index (χ0v) is 16.9. The predicted octanol–water partition coefficient (Wildman–Crippen LogP) is 3.30. The van der Waals surface area contributed by atoms with Gasteiger partial charge in [0.25, 0.3) is 5.91 Å². The molecular weight excluding hydrogens is 354 g/mol. The third-order valence-corrected chi connectivity index (χ3v) is 4.41. The molecule has 0 saturated carbocycles. The number of hydrogen-bond acceptors (Lipinski definition) is 4. The normalized spacial score (nSPS) is 11.6. The van der Waals surface area contributed by atoms with Gasteiger partial charge in [0, 0.05) is 25.0 Å². The Morgan fingerprint density at radius 1 is 1.07 bits per heavy atom. The van der Waals surface area contributed by atoms with Gasteiger partial charge in [-0.25, -0.2) is 0 Å². The number of anilines is 2. The molecule has 0 fully saturated rings.